The molecule has 12 heteroatoms. The molecule has 1 saturated heterocycles. The van der Waals surface area contributed by atoms with Crippen molar-refractivity contribution in [1.29, 1.82) is 0 Å². The van der Waals surface area contributed by atoms with Gasteiger partial charge in [-0.1, -0.05) is 24.8 Å². The number of carbonyl (C=O) groups is 2. The number of allylic oxidation sites excluding steroid dienone is 1. The zero-order chi connectivity index (χ0) is 27.4. The van der Waals surface area contributed by atoms with E-state index in [9.17, 15) is 19.3 Å². The number of ether oxygens (including phenoxy) is 3. The van der Waals surface area contributed by atoms with Gasteiger partial charge in [0.15, 0.2) is 6.23 Å². The Labute approximate surface area is 216 Å². The summed E-state index contributed by atoms with van der Waals surface area (Å²) in [5.41, 5.74) is -0.995. The molecule has 2 N–H and O–H groups in total. The summed E-state index contributed by atoms with van der Waals surface area (Å²) in [6.07, 6.45) is -0.109. The minimum atomic E-state index is -4.17. The SMILES string of the molecule is C=C1C=CN(C2OC(COP(=O)(NC(C)C(=O)OC(C)C)Oc3ccccc3)C(OC)C2(C)O)C(=O)C1. The Morgan fingerprint density at radius 3 is 2.59 bits per heavy atom. The van der Waals surface area contributed by atoms with Crippen LogP contribution in [-0.2, 0) is 32.9 Å². The Morgan fingerprint density at radius 2 is 2.00 bits per heavy atom. The molecule has 3 rings (SSSR count). The third-order valence-corrected chi connectivity index (χ3v) is 7.44. The predicted molar refractivity (Wildman–Crippen MR) is 134 cm³/mol. The molecule has 0 aromatic heterocycles. The maximum Gasteiger partial charge on any atom is 0.459 e. The van der Waals surface area contributed by atoms with Gasteiger partial charge in [0.25, 0.3) is 0 Å². The minimum Gasteiger partial charge on any atom is -0.462 e. The lowest BCUT2D eigenvalue weighted by Crippen LogP contribution is -2.54. The summed E-state index contributed by atoms with van der Waals surface area (Å²) < 4.78 is 41.8. The maximum absolute atomic E-state index is 13.8. The highest BCUT2D eigenvalue weighted by atomic mass is 31.2. The zero-order valence-electron chi connectivity index (χ0n) is 21.7. The Morgan fingerprint density at radius 1 is 1.32 bits per heavy atom. The Balaban J connectivity index is 1.79. The quantitative estimate of drug-likeness (QED) is 0.320. The molecule has 0 saturated carbocycles. The number of aliphatic hydroxyl groups is 1. The monoisotopic (exact) mass is 538 g/mol. The van der Waals surface area contributed by atoms with Crippen LogP contribution in [0.5, 0.6) is 5.75 Å². The van der Waals surface area contributed by atoms with E-state index < -0.39 is 43.8 Å². The molecule has 1 aromatic carbocycles. The zero-order valence-corrected chi connectivity index (χ0v) is 22.6. The largest absolute Gasteiger partial charge is 0.462 e. The normalized spacial score (nSPS) is 28.3. The van der Waals surface area contributed by atoms with Crippen LogP contribution >= 0.6 is 7.75 Å². The number of hydrogen-bond donors (Lipinski definition) is 2. The molecule has 6 unspecified atom stereocenters. The van der Waals surface area contributed by atoms with Crippen LogP contribution in [0.3, 0.4) is 0 Å². The van der Waals surface area contributed by atoms with Gasteiger partial charge < -0.3 is 23.8 Å². The lowest BCUT2D eigenvalue weighted by Gasteiger charge is -2.35. The second kappa shape index (κ2) is 11.9. The predicted octanol–water partition coefficient (Wildman–Crippen LogP) is 2.91. The number of amides is 1. The van der Waals surface area contributed by atoms with Crippen molar-refractivity contribution in [3.8, 4) is 5.75 Å². The molecule has 0 spiro atoms. The molecule has 1 amide bonds. The third kappa shape index (κ3) is 7.07. The second-order valence-electron chi connectivity index (χ2n) is 9.39. The number of methoxy groups -OCH3 is 1. The minimum absolute atomic E-state index is 0.0830. The Kier molecular flexibility index (Phi) is 9.33. The van der Waals surface area contributed by atoms with Gasteiger partial charge in [-0.3, -0.25) is 19.0 Å². The van der Waals surface area contributed by atoms with Crippen LogP contribution in [-0.4, -0.2) is 71.8 Å². The molecular weight excluding hydrogens is 503 g/mol. The molecule has 2 heterocycles. The molecule has 6 atom stereocenters. The molecule has 204 valence electrons. The van der Waals surface area contributed by atoms with Gasteiger partial charge in [-0.2, -0.15) is 5.09 Å². The summed E-state index contributed by atoms with van der Waals surface area (Å²) in [6.45, 7) is 9.78. The number of carbonyl (C=O) groups excluding carboxylic acids is 2. The van der Waals surface area contributed by atoms with Gasteiger partial charge in [-0.05, 0) is 51.5 Å². The third-order valence-electron chi connectivity index (χ3n) is 5.80. The van der Waals surface area contributed by atoms with Crippen molar-refractivity contribution >= 4 is 19.6 Å². The van der Waals surface area contributed by atoms with Gasteiger partial charge in [0.2, 0.25) is 5.91 Å². The number of benzene rings is 1. The lowest BCUT2D eigenvalue weighted by molar-refractivity contribution is -0.156. The van der Waals surface area contributed by atoms with Crippen molar-refractivity contribution < 1.29 is 42.5 Å². The average Bonchev–Trinajstić information content (AvgIpc) is 3.07. The van der Waals surface area contributed by atoms with E-state index in [-0.39, 0.29) is 30.8 Å². The van der Waals surface area contributed by atoms with E-state index in [1.165, 1.54) is 32.1 Å². The molecule has 1 aromatic rings. The van der Waals surface area contributed by atoms with E-state index in [1.807, 2.05) is 0 Å². The molecular formula is C25H35N2O9P. The number of hydrogen-bond acceptors (Lipinski definition) is 9. The smallest absolute Gasteiger partial charge is 0.459 e. The highest BCUT2D eigenvalue weighted by Gasteiger charge is 2.57. The first-order valence-electron chi connectivity index (χ1n) is 11.9. The van der Waals surface area contributed by atoms with Gasteiger partial charge >= 0.3 is 13.7 Å². The molecule has 2 aliphatic rings. The van der Waals surface area contributed by atoms with E-state index in [4.69, 9.17) is 23.3 Å². The standard InChI is InChI=1S/C25H35N2O9P/c1-16(2)34-23(29)18(4)26-37(31,36-19-10-8-7-9-11-19)33-15-20-22(32-6)25(5,30)24(35-20)27-13-12-17(3)14-21(27)28/h7-13,16,18,20,22,24,30H,3,14-15H2,1-2,4-6H3,(H,26,31). The number of nitrogens with one attached hydrogen (secondary N) is 1. The topological polar surface area (TPSA) is 133 Å². The molecule has 0 bridgehead atoms. The van der Waals surface area contributed by atoms with E-state index >= 15 is 0 Å². The number of para-hydroxylation sites is 1. The van der Waals surface area contributed by atoms with E-state index in [2.05, 4.69) is 11.7 Å². The van der Waals surface area contributed by atoms with Crippen LogP contribution in [0.15, 0.2) is 54.8 Å². The van der Waals surface area contributed by atoms with Crippen molar-refractivity contribution in [2.75, 3.05) is 13.7 Å². The second-order valence-corrected chi connectivity index (χ2v) is 11.1. The first kappa shape index (κ1) is 29.0. The van der Waals surface area contributed by atoms with E-state index in [0.29, 0.717) is 5.57 Å². The van der Waals surface area contributed by atoms with Crippen molar-refractivity contribution in [3.63, 3.8) is 0 Å². The lowest BCUT2D eigenvalue weighted by atomic mass is 9.95. The fourth-order valence-corrected chi connectivity index (χ4v) is 5.59. The van der Waals surface area contributed by atoms with Crippen LogP contribution in [0.25, 0.3) is 0 Å². The first-order valence-corrected chi connectivity index (χ1v) is 13.5. The Hall–Kier alpha value is -2.53. The molecule has 1 fully saturated rings. The number of rotatable bonds is 11. The molecule has 37 heavy (non-hydrogen) atoms. The van der Waals surface area contributed by atoms with Crippen molar-refractivity contribution in [3.05, 3.63) is 54.8 Å². The fraction of sp³-hybridized carbons (Fsp3) is 0.520. The number of nitrogens with zero attached hydrogens (tertiary/aromatic N) is 1. The first-order chi connectivity index (χ1) is 17.4. The van der Waals surface area contributed by atoms with Crippen LogP contribution in [0.1, 0.15) is 34.1 Å². The highest BCUT2D eigenvalue weighted by Crippen LogP contribution is 2.46. The van der Waals surface area contributed by atoms with Gasteiger partial charge in [0.1, 0.15) is 29.6 Å². The summed E-state index contributed by atoms with van der Waals surface area (Å²) in [7, 11) is -2.79. The van der Waals surface area contributed by atoms with Gasteiger partial charge in [-0.25, -0.2) is 4.57 Å². The van der Waals surface area contributed by atoms with Crippen molar-refractivity contribution in [2.45, 2.75) is 70.3 Å². The van der Waals surface area contributed by atoms with E-state index in [0.717, 1.165) is 0 Å². The van der Waals surface area contributed by atoms with Crippen LogP contribution in [0.2, 0.25) is 0 Å². The van der Waals surface area contributed by atoms with Crippen LogP contribution < -0.4 is 9.61 Å². The van der Waals surface area contributed by atoms with Gasteiger partial charge in [0, 0.05) is 13.3 Å². The molecule has 11 nitrogen and oxygen atoms in total. The van der Waals surface area contributed by atoms with Gasteiger partial charge in [0.05, 0.1) is 19.1 Å². The Bertz CT molecular complexity index is 1060. The summed E-state index contributed by atoms with van der Waals surface area (Å²) >= 11 is 0. The van der Waals surface area contributed by atoms with E-state index in [1.54, 1.807) is 50.3 Å². The fourth-order valence-electron chi connectivity index (χ4n) is 4.08. The summed E-state index contributed by atoms with van der Waals surface area (Å²) in [6, 6.07) is 7.29. The maximum atomic E-state index is 13.8. The van der Waals surface area contributed by atoms with Gasteiger partial charge in [-0.15, -0.1) is 0 Å². The number of esters is 1. The van der Waals surface area contributed by atoms with Crippen molar-refractivity contribution in [1.82, 2.24) is 9.99 Å². The summed E-state index contributed by atoms with van der Waals surface area (Å²) in [4.78, 5) is 26.2. The van der Waals surface area contributed by atoms with Crippen LogP contribution in [0.4, 0.5) is 0 Å². The summed E-state index contributed by atoms with van der Waals surface area (Å²) in [5, 5.41) is 13.9. The summed E-state index contributed by atoms with van der Waals surface area (Å²) in [5.74, 6) is -0.693. The van der Waals surface area contributed by atoms with Crippen molar-refractivity contribution in [2.24, 2.45) is 0 Å². The molecule has 2 aliphatic heterocycles. The molecule has 0 aliphatic carbocycles. The average molecular weight is 539 g/mol. The molecule has 0 radical (unpaired) electrons. The van der Waals surface area contributed by atoms with Crippen LogP contribution in [0, 0.1) is 0 Å². The highest BCUT2D eigenvalue weighted by molar-refractivity contribution is 7.52.